The van der Waals surface area contributed by atoms with E-state index < -0.39 is 0 Å². The molecule has 90 valence electrons. The molecule has 0 heterocycles. The molecular formula is C14H22ClN. The molecule has 0 bridgehead atoms. The second-order valence-electron chi connectivity index (χ2n) is 4.75. The molecule has 0 fully saturated rings. The standard InChI is InChI=1S/C14H22ClN/c1-5-11(4)16-14(10(2)3)12-6-8-13(15)9-7-12/h6-11,14,16H,5H2,1-4H3. The van der Waals surface area contributed by atoms with Gasteiger partial charge in [-0.05, 0) is 37.0 Å². The molecule has 1 aromatic rings. The number of benzene rings is 1. The summed E-state index contributed by atoms with van der Waals surface area (Å²) >= 11 is 5.91. The van der Waals surface area contributed by atoms with Crippen LogP contribution in [0.4, 0.5) is 0 Å². The van der Waals surface area contributed by atoms with E-state index >= 15 is 0 Å². The fraction of sp³-hybridized carbons (Fsp3) is 0.571. The first-order chi connectivity index (χ1) is 7.54. The highest BCUT2D eigenvalue weighted by atomic mass is 35.5. The highest BCUT2D eigenvalue weighted by Crippen LogP contribution is 2.24. The zero-order chi connectivity index (χ0) is 12.1. The summed E-state index contributed by atoms with van der Waals surface area (Å²) in [6.07, 6.45) is 1.15. The average Bonchev–Trinajstić information content (AvgIpc) is 2.26. The first kappa shape index (κ1) is 13.5. The van der Waals surface area contributed by atoms with Crippen LogP contribution in [0.3, 0.4) is 0 Å². The zero-order valence-corrected chi connectivity index (χ0v) is 11.4. The summed E-state index contributed by atoms with van der Waals surface area (Å²) in [5.41, 5.74) is 1.32. The minimum absolute atomic E-state index is 0.409. The van der Waals surface area contributed by atoms with Gasteiger partial charge in [0.2, 0.25) is 0 Å². The van der Waals surface area contributed by atoms with Gasteiger partial charge in [0.25, 0.3) is 0 Å². The highest BCUT2D eigenvalue weighted by molar-refractivity contribution is 6.30. The summed E-state index contributed by atoms with van der Waals surface area (Å²) in [4.78, 5) is 0. The van der Waals surface area contributed by atoms with Crippen LogP contribution in [0.15, 0.2) is 24.3 Å². The second-order valence-corrected chi connectivity index (χ2v) is 5.19. The molecule has 0 aliphatic heterocycles. The fourth-order valence-electron chi connectivity index (χ4n) is 1.77. The molecule has 2 unspecified atom stereocenters. The maximum atomic E-state index is 5.91. The Morgan fingerprint density at radius 3 is 2.12 bits per heavy atom. The Balaban J connectivity index is 2.81. The smallest absolute Gasteiger partial charge is 0.0406 e. The lowest BCUT2D eigenvalue weighted by atomic mass is 9.95. The lowest BCUT2D eigenvalue weighted by molar-refractivity contribution is 0.365. The van der Waals surface area contributed by atoms with E-state index in [1.54, 1.807) is 0 Å². The van der Waals surface area contributed by atoms with Gasteiger partial charge in [0.1, 0.15) is 0 Å². The van der Waals surface area contributed by atoms with Gasteiger partial charge in [0.05, 0.1) is 0 Å². The molecule has 0 saturated heterocycles. The Labute approximate surface area is 104 Å². The van der Waals surface area contributed by atoms with Crippen LogP contribution < -0.4 is 5.32 Å². The topological polar surface area (TPSA) is 12.0 Å². The third kappa shape index (κ3) is 3.80. The Kier molecular flexibility index (Phi) is 5.30. The molecular weight excluding hydrogens is 218 g/mol. The monoisotopic (exact) mass is 239 g/mol. The molecule has 0 aliphatic carbocycles. The van der Waals surface area contributed by atoms with Gasteiger partial charge < -0.3 is 5.32 Å². The minimum atomic E-state index is 0.409. The van der Waals surface area contributed by atoms with Crippen LogP contribution in [0.1, 0.15) is 45.7 Å². The molecule has 1 aromatic carbocycles. The Bertz CT molecular complexity index is 305. The van der Waals surface area contributed by atoms with Crippen molar-refractivity contribution in [3.8, 4) is 0 Å². The third-order valence-electron chi connectivity index (χ3n) is 2.97. The lowest BCUT2D eigenvalue weighted by Gasteiger charge is -2.26. The van der Waals surface area contributed by atoms with Crippen LogP contribution in [0, 0.1) is 5.92 Å². The van der Waals surface area contributed by atoms with Crippen molar-refractivity contribution >= 4 is 11.6 Å². The summed E-state index contributed by atoms with van der Waals surface area (Å²) in [7, 11) is 0. The van der Waals surface area contributed by atoms with Crippen molar-refractivity contribution in [2.24, 2.45) is 5.92 Å². The van der Waals surface area contributed by atoms with Crippen LogP contribution >= 0.6 is 11.6 Å². The van der Waals surface area contributed by atoms with E-state index in [1.165, 1.54) is 5.56 Å². The lowest BCUT2D eigenvalue weighted by Crippen LogP contribution is -2.33. The van der Waals surface area contributed by atoms with Crippen molar-refractivity contribution in [3.05, 3.63) is 34.9 Å². The summed E-state index contributed by atoms with van der Waals surface area (Å²) in [5.74, 6) is 0.579. The quantitative estimate of drug-likeness (QED) is 0.802. The maximum Gasteiger partial charge on any atom is 0.0406 e. The molecule has 0 aromatic heterocycles. The maximum absolute atomic E-state index is 5.91. The van der Waals surface area contributed by atoms with Crippen LogP contribution in [0.5, 0.6) is 0 Å². The molecule has 2 heteroatoms. The SMILES string of the molecule is CCC(C)NC(c1ccc(Cl)cc1)C(C)C. The summed E-state index contributed by atoms with van der Waals surface area (Å²) in [6.45, 7) is 8.92. The van der Waals surface area contributed by atoms with Crippen LogP contribution in [-0.4, -0.2) is 6.04 Å². The van der Waals surface area contributed by atoms with E-state index in [1.807, 2.05) is 12.1 Å². The van der Waals surface area contributed by atoms with E-state index in [0.717, 1.165) is 11.4 Å². The average molecular weight is 240 g/mol. The molecule has 0 spiro atoms. The zero-order valence-electron chi connectivity index (χ0n) is 10.6. The predicted molar refractivity (Wildman–Crippen MR) is 71.9 cm³/mol. The molecule has 1 N–H and O–H groups in total. The number of nitrogens with one attached hydrogen (secondary N) is 1. The molecule has 0 radical (unpaired) electrons. The Morgan fingerprint density at radius 1 is 1.12 bits per heavy atom. The van der Waals surface area contributed by atoms with E-state index in [0.29, 0.717) is 18.0 Å². The van der Waals surface area contributed by atoms with Gasteiger partial charge in [-0.25, -0.2) is 0 Å². The van der Waals surface area contributed by atoms with Crippen molar-refractivity contribution in [1.29, 1.82) is 0 Å². The van der Waals surface area contributed by atoms with Crippen LogP contribution in [-0.2, 0) is 0 Å². The van der Waals surface area contributed by atoms with E-state index in [-0.39, 0.29) is 0 Å². The fourth-order valence-corrected chi connectivity index (χ4v) is 1.89. The first-order valence-electron chi connectivity index (χ1n) is 6.06. The van der Waals surface area contributed by atoms with Gasteiger partial charge in [-0.3, -0.25) is 0 Å². The first-order valence-corrected chi connectivity index (χ1v) is 6.44. The largest absolute Gasteiger partial charge is 0.307 e. The van der Waals surface area contributed by atoms with Gasteiger partial charge in [-0.15, -0.1) is 0 Å². The number of rotatable bonds is 5. The number of halogens is 1. The van der Waals surface area contributed by atoms with Crippen LogP contribution in [0.2, 0.25) is 5.02 Å². The van der Waals surface area contributed by atoms with E-state index in [4.69, 9.17) is 11.6 Å². The predicted octanol–water partition coefficient (Wildman–Crippen LogP) is 4.43. The van der Waals surface area contributed by atoms with E-state index in [9.17, 15) is 0 Å². The summed E-state index contributed by atoms with van der Waals surface area (Å²) in [5, 5.41) is 4.46. The summed E-state index contributed by atoms with van der Waals surface area (Å²) < 4.78 is 0. The number of hydrogen-bond acceptors (Lipinski definition) is 1. The van der Waals surface area contributed by atoms with Crippen molar-refractivity contribution in [3.63, 3.8) is 0 Å². The Morgan fingerprint density at radius 2 is 1.69 bits per heavy atom. The third-order valence-corrected chi connectivity index (χ3v) is 3.22. The van der Waals surface area contributed by atoms with Crippen molar-refractivity contribution in [1.82, 2.24) is 5.32 Å². The van der Waals surface area contributed by atoms with Crippen molar-refractivity contribution < 1.29 is 0 Å². The molecule has 16 heavy (non-hydrogen) atoms. The molecule has 0 aliphatic rings. The van der Waals surface area contributed by atoms with Crippen LogP contribution in [0.25, 0.3) is 0 Å². The normalized spacial score (nSPS) is 15.1. The molecule has 0 saturated carbocycles. The minimum Gasteiger partial charge on any atom is -0.307 e. The van der Waals surface area contributed by atoms with Gasteiger partial charge >= 0.3 is 0 Å². The molecule has 0 amide bonds. The van der Waals surface area contributed by atoms with Crippen molar-refractivity contribution in [2.75, 3.05) is 0 Å². The second kappa shape index (κ2) is 6.27. The van der Waals surface area contributed by atoms with Gasteiger partial charge in [-0.2, -0.15) is 0 Å². The van der Waals surface area contributed by atoms with Gasteiger partial charge in [0, 0.05) is 17.1 Å². The van der Waals surface area contributed by atoms with Gasteiger partial charge in [0.15, 0.2) is 0 Å². The molecule has 1 nitrogen and oxygen atoms in total. The van der Waals surface area contributed by atoms with Gasteiger partial charge in [-0.1, -0.05) is 44.5 Å². The molecule has 2 atom stereocenters. The number of hydrogen-bond donors (Lipinski definition) is 1. The summed E-state index contributed by atoms with van der Waals surface area (Å²) in [6, 6.07) is 9.11. The Hall–Kier alpha value is -0.530. The molecule has 1 rings (SSSR count). The van der Waals surface area contributed by atoms with E-state index in [2.05, 4.69) is 45.1 Å². The highest BCUT2D eigenvalue weighted by Gasteiger charge is 2.16. The van der Waals surface area contributed by atoms with Crippen molar-refractivity contribution in [2.45, 2.75) is 46.2 Å².